The number of sulfonamides is 1. The minimum Gasteiger partial charge on any atom is -0.230 e. The van der Waals surface area contributed by atoms with Crippen molar-refractivity contribution in [3.05, 3.63) is 83.9 Å². The molecule has 0 N–H and O–H groups in total. The van der Waals surface area contributed by atoms with Gasteiger partial charge in [-0.05, 0) is 48.6 Å². The molecule has 6 rings (SSSR count). The second-order valence-electron chi connectivity index (χ2n) is 10.1. The average Bonchev–Trinajstić information content (AvgIpc) is 3.70. The number of benzene rings is 2. The standard InChI is InChI=1S/C26H25F3N8O2S/c1-18-10-23-20(13-32-37(23)21-14-31-36(16-21)26(27,28)29)11-22(18)25(12-19-6-4-3-5-7-19)8-9-35(17-25)40(38,39)24-15-30-34(2)33-24/h3-7,10-11,13-16H,8-9,12,17H2,1-2H3. The third kappa shape index (κ3) is 4.46. The second-order valence-corrected chi connectivity index (χ2v) is 12.0. The first-order chi connectivity index (χ1) is 19.0. The predicted molar refractivity (Wildman–Crippen MR) is 139 cm³/mol. The van der Waals surface area contributed by atoms with Crippen LogP contribution in [0.2, 0.25) is 0 Å². The van der Waals surface area contributed by atoms with Crippen LogP contribution in [0.1, 0.15) is 23.1 Å². The topological polar surface area (TPSA) is 104 Å². The summed E-state index contributed by atoms with van der Waals surface area (Å²) < 4.78 is 69.1. The van der Waals surface area contributed by atoms with Crippen LogP contribution in [0.3, 0.4) is 0 Å². The molecule has 5 aromatic rings. The summed E-state index contributed by atoms with van der Waals surface area (Å²) in [6, 6.07) is 13.7. The van der Waals surface area contributed by atoms with Crippen molar-refractivity contribution in [3.63, 3.8) is 0 Å². The number of halogens is 3. The molecule has 2 aromatic carbocycles. The van der Waals surface area contributed by atoms with Crippen molar-refractivity contribution in [2.24, 2.45) is 7.05 Å². The van der Waals surface area contributed by atoms with Gasteiger partial charge in [-0.25, -0.2) is 13.1 Å². The highest BCUT2D eigenvalue weighted by Crippen LogP contribution is 2.42. The molecule has 1 aliphatic heterocycles. The van der Waals surface area contributed by atoms with E-state index in [1.54, 1.807) is 13.2 Å². The number of hydrogen-bond donors (Lipinski definition) is 0. The molecule has 0 bridgehead atoms. The van der Waals surface area contributed by atoms with Crippen LogP contribution in [0.5, 0.6) is 0 Å². The van der Waals surface area contributed by atoms with Crippen LogP contribution in [0.4, 0.5) is 13.2 Å². The summed E-state index contributed by atoms with van der Waals surface area (Å²) >= 11 is 0. The first-order valence-electron chi connectivity index (χ1n) is 12.5. The van der Waals surface area contributed by atoms with Crippen LogP contribution in [0, 0.1) is 6.92 Å². The number of alkyl halides is 3. The van der Waals surface area contributed by atoms with Gasteiger partial charge in [0.15, 0.2) is 0 Å². The number of aryl methyl sites for hydroxylation is 2. The van der Waals surface area contributed by atoms with Crippen molar-refractivity contribution in [1.82, 2.24) is 38.9 Å². The maximum Gasteiger partial charge on any atom is 0.504 e. The van der Waals surface area contributed by atoms with E-state index in [0.29, 0.717) is 24.9 Å². The first-order valence-corrected chi connectivity index (χ1v) is 13.9. The zero-order valence-electron chi connectivity index (χ0n) is 21.6. The van der Waals surface area contributed by atoms with Crippen molar-refractivity contribution in [2.45, 2.75) is 36.5 Å². The second kappa shape index (κ2) is 9.27. The van der Waals surface area contributed by atoms with Crippen molar-refractivity contribution in [1.29, 1.82) is 0 Å². The molecule has 1 saturated heterocycles. The van der Waals surface area contributed by atoms with Gasteiger partial charge in [-0.1, -0.05) is 30.3 Å². The first kappa shape index (κ1) is 26.2. The molecule has 1 fully saturated rings. The fourth-order valence-corrected chi connectivity index (χ4v) is 7.00. The third-order valence-corrected chi connectivity index (χ3v) is 9.15. The zero-order chi connectivity index (χ0) is 28.3. The van der Waals surface area contributed by atoms with E-state index in [1.165, 1.54) is 20.0 Å². The van der Waals surface area contributed by atoms with Gasteiger partial charge in [-0.3, -0.25) is 0 Å². The van der Waals surface area contributed by atoms with E-state index in [1.807, 2.05) is 49.4 Å². The summed E-state index contributed by atoms with van der Waals surface area (Å²) in [7, 11) is -2.30. The van der Waals surface area contributed by atoms with Crippen LogP contribution in [-0.2, 0) is 35.2 Å². The summed E-state index contributed by atoms with van der Waals surface area (Å²) in [5.41, 5.74) is 3.16. The lowest BCUT2D eigenvalue weighted by Gasteiger charge is -2.32. The Hall–Kier alpha value is -4.04. The molecule has 4 heterocycles. The Bertz CT molecular complexity index is 1810. The summed E-state index contributed by atoms with van der Waals surface area (Å²) in [5, 5.41) is 16.4. The van der Waals surface area contributed by atoms with Gasteiger partial charge < -0.3 is 0 Å². The van der Waals surface area contributed by atoms with E-state index in [9.17, 15) is 21.6 Å². The molecular formula is C26H25F3N8O2S. The quantitative estimate of drug-likeness (QED) is 0.308. The lowest BCUT2D eigenvalue weighted by molar-refractivity contribution is -0.212. The maximum absolute atomic E-state index is 13.5. The summed E-state index contributed by atoms with van der Waals surface area (Å²) in [4.78, 5) is 1.22. The summed E-state index contributed by atoms with van der Waals surface area (Å²) in [6.07, 6.45) is 1.39. The van der Waals surface area contributed by atoms with Crippen molar-refractivity contribution in [3.8, 4) is 5.69 Å². The van der Waals surface area contributed by atoms with E-state index in [-0.39, 0.29) is 21.9 Å². The number of fused-ring (bicyclic) bond motifs is 1. The van der Waals surface area contributed by atoms with Gasteiger partial charge in [0.05, 0.1) is 30.3 Å². The molecule has 3 aromatic heterocycles. The Morgan fingerprint density at radius 2 is 1.80 bits per heavy atom. The van der Waals surface area contributed by atoms with Gasteiger partial charge in [-0.2, -0.15) is 29.1 Å². The number of aromatic nitrogens is 7. The highest BCUT2D eigenvalue weighted by atomic mass is 32.2. The molecule has 0 amide bonds. The van der Waals surface area contributed by atoms with Gasteiger partial charge in [0.1, 0.15) is 5.69 Å². The van der Waals surface area contributed by atoms with Crippen LogP contribution < -0.4 is 0 Å². The molecule has 0 saturated carbocycles. The van der Waals surface area contributed by atoms with Crippen molar-refractivity contribution < 1.29 is 21.6 Å². The number of hydrogen-bond acceptors (Lipinski definition) is 6. The van der Waals surface area contributed by atoms with E-state index in [4.69, 9.17) is 0 Å². The smallest absolute Gasteiger partial charge is 0.230 e. The highest BCUT2D eigenvalue weighted by Gasteiger charge is 2.45. The zero-order valence-corrected chi connectivity index (χ0v) is 22.4. The molecule has 1 aliphatic rings. The molecule has 1 unspecified atom stereocenters. The minimum atomic E-state index is -4.63. The number of rotatable bonds is 6. The Morgan fingerprint density at radius 1 is 1.02 bits per heavy atom. The van der Waals surface area contributed by atoms with E-state index in [0.717, 1.165) is 34.5 Å². The molecule has 0 radical (unpaired) electrons. The van der Waals surface area contributed by atoms with Crippen molar-refractivity contribution >= 4 is 20.9 Å². The Labute approximate surface area is 227 Å². The van der Waals surface area contributed by atoms with Crippen LogP contribution in [0.15, 0.2) is 72.3 Å². The van der Waals surface area contributed by atoms with E-state index < -0.39 is 21.7 Å². The Balaban J connectivity index is 1.42. The summed E-state index contributed by atoms with van der Waals surface area (Å²) in [6.45, 7) is 2.47. The lowest BCUT2D eigenvalue weighted by Crippen LogP contribution is -2.36. The van der Waals surface area contributed by atoms with Crippen LogP contribution in [0.25, 0.3) is 16.6 Å². The molecule has 14 heteroatoms. The fraction of sp³-hybridized carbons (Fsp3) is 0.308. The van der Waals surface area contributed by atoms with E-state index in [2.05, 4.69) is 20.4 Å². The van der Waals surface area contributed by atoms with Crippen LogP contribution in [-0.4, -0.2) is 60.4 Å². The molecule has 208 valence electrons. The monoisotopic (exact) mass is 570 g/mol. The normalized spacial score (nSPS) is 18.6. The molecule has 0 spiro atoms. The third-order valence-electron chi connectivity index (χ3n) is 7.45. The predicted octanol–water partition coefficient (Wildman–Crippen LogP) is 3.71. The Kier molecular flexibility index (Phi) is 6.07. The lowest BCUT2D eigenvalue weighted by atomic mass is 9.73. The molecule has 40 heavy (non-hydrogen) atoms. The summed E-state index contributed by atoms with van der Waals surface area (Å²) in [5.74, 6) is 0. The fourth-order valence-electron chi connectivity index (χ4n) is 5.58. The molecule has 0 aliphatic carbocycles. The molecule has 10 nitrogen and oxygen atoms in total. The van der Waals surface area contributed by atoms with Crippen LogP contribution >= 0.6 is 0 Å². The number of nitrogens with zero attached hydrogens (tertiary/aromatic N) is 8. The van der Waals surface area contributed by atoms with Gasteiger partial charge in [-0.15, -0.1) is 18.3 Å². The molecule has 1 atom stereocenters. The van der Waals surface area contributed by atoms with E-state index >= 15 is 0 Å². The van der Waals surface area contributed by atoms with Gasteiger partial charge >= 0.3 is 6.30 Å². The van der Waals surface area contributed by atoms with Gasteiger partial charge in [0.25, 0.3) is 10.0 Å². The minimum absolute atomic E-state index is 0.0589. The molecular weight excluding hydrogens is 545 g/mol. The SMILES string of the molecule is Cc1cc2c(cnn2-c2cnn(C(F)(F)F)c2)cc1C1(Cc2ccccc2)CCN(S(=O)(=O)c2cnn(C)n2)C1. The maximum atomic E-state index is 13.5. The Morgan fingerprint density at radius 3 is 2.48 bits per heavy atom. The van der Waals surface area contributed by atoms with Gasteiger partial charge in [0.2, 0.25) is 5.03 Å². The van der Waals surface area contributed by atoms with Crippen molar-refractivity contribution in [2.75, 3.05) is 13.1 Å². The average molecular weight is 571 g/mol. The highest BCUT2D eigenvalue weighted by molar-refractivity contribution is 7.89. The van der Waals surface area contributed by atoms with Gasteiger partial charge in [0, 0.05) is 30.9 Å². The largest absolute Gasteiger partial charge is 0.504 e.